The van der Waals surface area contributed by atoms with Crippen molar-refractivity contribution in [3.05, 3.63) is 111 Å². The van der Waals surface area contributed by atoms with Crippen LogP contribution in [0.1, 0.15) is 79.4 Å². The number of nitrogens with zero attached hydrogens (tertiary/aromatic N) is 5. The van der Waals surface area contributed by atoms with Gasteiger partial charge in [0.25, 0.3) is 0 Å². The summed E-state index contributed by atoms with van der Waals surface area (Å²) in [5.74, 6) is 0.307. The van der Waals surface area contributed by atoms with Crippen molar-refractivity contribution >= 4 is 28.9 Å². The van der Waals surface area contributed by atoms with Crippen LogP contribution in [0.4, 0.5) is 4.79 Å². The Kier molecular flexibility index (Phi) is 11.1. The molecule has 4 heterocycles. The number of fused-ring (bicyclic) bond motifs is 1. The zero-order chi connectivity index (χ0) is 38.7. The van der Waals surface area contributed by atoms with Gasteiger partial charge in [0.05, 0.1) is 12.0 Å². The third kappa shape index (κ3) is 7.97. The van der Waals surface area contributed by atoms with Gasteiger partial charge in [0.15, 0.2) is 5.76 Å². The monoisotopic (exact) mass is 734 g/mol. The van der Waals surface area contributed by atoms with E-state index in [9.17, 15) is 19.5 Å². The second-order valence-corrected chi connectivity index (χ2v) is 14.7. The number of carbonyl (C=O) groups excluding carboxylic acids is 1. The third-order valence-electron chi connectivity index (χ3n) is 10.7. The molecular weight excluding hydrogens is 684 g/mol. The zero-order valence-corrected chi connectivity index (χ0v) is 32.2. The second kappa shape index (κ2) is 15.8. The maximum Gasteiger partial charge on any atom is 0.519 e. The van der Waals surface area contributed by atoms with Crippen molar-refractivity contribution in [1.82, 2.24) is 24.7 Å². The molecule has 0 radical (unpaired) electrons. The first kappa shape index (κ1) is 38.1. The van der Waals surface area contributed by atoms with E-state index in [2.05, 4.69) is 53.1 Å². The number of nitrogens with one attached hydrogen (secondary N) is 1. The Labute approximate surface area is 315 Å². The minimum Gasteiger partial charge on any atom is -0.463 e. The molecule has 3 aromatic heterocycles. The van der Waals surface area contributed by atoms with E-state index >= 15 is 0 Å². The van der Waals surface area contributed by atoms with E-state index in [4.69, 9.17) is 8.83 Å². The van der Waals surface area contributed by atoms with Crippen LogP contribution in [0.15, 0.2) is 79.5 Å². The molecule has 1 aliphatic rings. The number of aryl methyl sites for hydroxylation is 3. The van der Waals surface area contributed by atoms with E-state index in [0.29, 0.717) is 50.7 Å². The Morgan fingerprint density at radius 2 is 1.70 bits per heavy atom. The molecule has 1 saturated heterocycles. The predicted molar refractivity (Wildman–Crippen MR) is 209 cm³/mol. The molecule has 0 bridgehead atoms. The topological polar surface area (TPSA) is 148 Å². The van der Waals surface area contributed by atoms with Crippen LogP contribution in [0.5, 0.6) is 0 Å². The van der Waals surface area contributed by atoms with Gasteiger partial charge in [-0.3, -0.25) is 9.78 Å². The number of likely N-dealkylation sites (tertiary alicyclic amines) is 1. The molecular formula is C42H50N6O6. The number of guanidine groups is 1. The Morgan fingerprint density at radius 1 is 1.00 bits per heavy atom. The number of hydrogen-bond donors (Lipinski definition) is 2. The fraction of sp³-hybridized carbons (Fsp3) is 0.405. The number of aliphatic imine (C=N–C) groups is 1. The van der Waals surface area contributed by atoms with Crippen LogP contribution < -0.4 is 5.82 Å². The number of carboxylic acid groups (broad SMARTS) is 1. The number of benzene rings is 2. The van der Waals surface area contributed by atoms with Crippen molar-refractivity contribution in [2.24, 2.45) is 4.99 Å². The first-order valence-corrected chi connectivity index (χ1v) is 18.6. The summed E-state index contributed by atoms with van der Waals surface area (Å²) in [6, 6.07) is 16.6. The van der Waals surface area contributed by atoms with Gasteiger partial charge in [0.1, 0.15) is 5.76 Å². The standard InChI is InChI=1S/C42H50N6O6/c1-8-46(9-2)38(49)42(6,7)32-10-11-35-34(23-32)33(37(44-35)31-21-26(3)20-27(4)22-31)15-19-48(25-36-28(5)53-41(52)54-36)39(45-40(50)51)47-18-14-30(24-47)29-12-16-43-17-13-29/h10-13,16-17,20-23,30,44H,8-9,14-15,18-19,24-25H2,1-7H3,(H,50,51). The summed E-state index contributed by atoms with van der Waals surface area (Å²) in [6.07, 6.45) is 3.49. The molecule has 0 spiro atoms. The van der Waals surface area contributed by atoms with Gasteiger partial charge in [-0.2, -0.15) is 0 Å². The molecule has 1 unspecified atom stereocenters. The largest absolute Gasteiger partial charge is 0.519 e. The van der Waals surface area contributed by atoms with E-state index in [0.717, 1.165) is 56.4 Å². The SMILES string of the molecule is CCN(CC)C(=O)C(C)(C)c1ccc2[nH]c(-c3cc(C)cc(C)c3)c(CCN(Cc3oc(=O)oc3C)C(=NC(=O)O)N3CCC(c4ccncc4)C3)c2c1. The van der Waals surface area contributed by atoms with Gasteiger partial charge in [0.2, 0.25) is 11.9 Å². The molecule has 2 amide bonds. The molecule has 6 rings (SSSR count). The van der Waals surface area contributed by atoms with Gasteiger partial charge in [-0.15, -0.1) is 4.99 Å². The lowest BCUT2D eigenvalue weighted by atomic mass is 9.82. The van der Waals surface area contributed by atoms with Crippen LogP contribution in [0, 0.1) is 20.8 Å². The first-order chi connectivity index (χ1) is 25.8. The summed E-state index contributed by atoms with van der Waals surface area (Å²) in [5, 5.41) is 11.1. The molecule has 1 aliphatic heterocycles. The average Bonchev–Trinajstić information content (AvgIpc) is 3.86. The number of H-pyrrole nitrogens is 1. The van der Waals surface area contributed by atoms with E-state index in [1.54, 1.807) is 19.3 Å². The fourth-order valence-electron chi connectivity index (χ4n) is 7.76. The highest BCUT2D eigenvalue weighted by molar-refractivity contribution is 5.94. The van der Waals surface area contributed by atoms with E-state index < -0.39 is 17.3 Å². The Balaban J connectivity index is 1.44. The Hall–Kier alpha value is -5.65. The molecule has 0 aliphatic carbocycles. The normalized spacial score (nSPS) is 14.9. The summed E-state index contributed by atoms with van der Waals surface area (Å²) in [6.45, 7) is 16.5. The van der Waals surface area contributed by atoms with Gasteiger partial charge in [0, 0.05) is 67.6 Å². The van der Waals surface area contributed by atoms with Crippen LogP contribution in [0.3, 0.4) is 0 Å². The molecule has 5 aromatic rings. The smallest absolute Gasteiger partial charge is 0.463 e. The van der Waals surface area contributed by atoms with Gasteiger partial charge in [-0.1, -0.05) is 23.3 Å². The van der Waals surface area contributed by atoms with E-state index in [-0.39, 0.29) is 24.3 Å². The molecule has 0 saturated carbocycles. The summed E-state index contributed by atoms with van der Waals surface area (Å²) >= 11 is 0. The molecule has 1 fully saturated rings. The molecule has 12 nitrogen and oxygen atoms in total. The Morgan fingerprint density at radius 3 is 2.33 bits per heavy atom. The number of hydrogen-bond acceptors (Lipinski definition) is 6. The number of amides is 2. The molecule has 54 heavy (non-hydrogen) atoms. The fourth-order valence-corrected chi connectivity index (χ4v) is 7.76. The van der Waals surface area contributed by atoms with E-state index in [1.807, 2.05) is 66.7 Å². The molecule has 2 N–H and O–H groups in total. The molecule has 284 valence electrons. The Bertz CT molecular complexity index is 2210. The van der Waals surface area contributed by atoms with Crippen molar-refractivity contribution in [2.45, 2.75) is 79.2 Å². The minimum atomic E-state index is -1.32. The summed E-state index contributed by atoms with van der Waals surface area (Å²) in [5.41, 5.74) is 7.42. The number of rotatable bonds is 11. The second-order valence-electron chi connectivity index (χ2n) is 14.7. The van der Waals surface area contributed by atoms with Crippen molar-refractivity contribution in [3.63, 3.8) is 0 Å². The lowest BCUT2D eigenvalue weighted by Gasteiger charge is -2.32. The lowest BCUT2D eigenvalue weighted by Crippen LogP contribution is -2.44. The van der Waals surface area contributed by atoms with Crippen molar-refractivity contribution in [3.8, 4) is 11.3 Å². The number of likely N-dealkylation sites (N-methyl/N-ethyl adjacent to an activating group) is 1. The zero-order valence-electron chi connectivity index (χ0n) is 32.2. The van der Waals surface area contributed by atoms with Crippen LogP contribution in [0.25, 0.3) is 22.2 Å². The van der Waals surface area contributed by atoms with Crippen LogP contribution in [-0.4, -0.2) is 80.5 Å². The van der Waals surface area contributed by atoms with Crippen LogP contribution in [-0.2, 0) is 23.2 Å². The number of carbonyl (C=O) groups is 2. The van der Waals surface area contributed by atoms with Gasteiger partial charge in [-0.05, 0) is 120 Å². The van der Waals surface area contributed by atoms with Crippen molar-refractivity contribution in [2.75, 3.05) is 32.7 Å². The first-order valence-electron chi connectivity index (χ1n) is 18.6. The van der Waals surface area contributed by atoms with Gasteiger partial charge >= 0.3 is 11.9 Å². The highest BCUT2D eigenvalue weighted by Crippen LogP contribution is 2.36. The molecule has 12 heteroatoms. The maximum atomic E-state index is 13.8. The molecule has 1 atom stereocenters. The number of aromatic nitrogens is 2. The van der Waals surface area contributed by atoms with Crippen LogP contribution >= 0.6 is 0 Å². The van der Waals surface area contributed by atoms with E-state index in [1.165, 1.54) is 0 Å². The van der Waals surface area contributed by atoms with Crippen LogP contribution in [0.2, 0.25) is 0 Å². The maximum absolute atomic E-state index is 13.8. The van der Waals surface area contributed by atoms with Gasteiger partial charge < -0.3 is 33.6 Å². The van der Waals surface area contributed by atoms with Gasteiger partial charge in [-0.25, -0.2) is 9.59 Å². The highest BCUT2D eigenvalue weighted by atomic mass is 16.6. The molecule has 2 aromatic carbocycles. The summed E-state index contributed by atoms with van der Waals surface area (Å²) < 4.78 is 10.7. The average molecular weight is 735 g/mol. The summed E-state index contributed by atoms with van der Waals surface area (Å²) in [7, 11) is 0. The quantitative estimate of drug-likeness (QED) is 0.105. The predicted octanol–water partition coefficient (Wildman–Crippen LogP) is 7.42. The lowest BCUT2D eigenvalue weighted by molar-refractivity contribution is -0.135. The highest BCUT2D eigenvalue weighted by Gasteiger charge is 2.34. The minimum absolute atomic E-state index is 0.0619. The third-order valence-corrected chi connectivity index (χ3v) is 10.7. The number of pyridine rings is 1. The van der Waals surface area contributed by atoms with Crippen molar-refractivity contribution in [1.29, 1.82) is 0 Å². The number of aromatic amines is 1. The van der Waals surface area contributed by atoms with Crippen molar-refractivity contribution < 1.29 is 23.5 Å². The summed E-state index contributed by atoms with van der Waals surface area (Å²) in [4.78, 5) is 56.0.